The Balaban J connectivity index is 2.20. The van der Waals surface area contributed by atoms with E-state index in [1.54, 1.807) is 0 Å². The maximum atomic E-state index is 4.47. The lowest BCUT2D eigenvalue weighted by molar-refractivity contribution is 0.950. The van der Waals surface area contributed by atoms with E-state index >= 15 is 0 Å². The third kappa shape index (κ3) is 7.39. The van der Waals surface area contributed by atoms with Gasteiger partial charge in [-0.1, -0.05) is 49.5 Å². The highest BCUT2D eigenvalue weighted by Gasteiger charge is 2.12. The van der Waals surface area contributed by atoms with Crippen LogP contribution in [0.2, 0.25) is 19.6 Å². The molecule has 0 amide bonds. The predicted molar refractivity (Wildman–Crippen MR) is 84.1 cm³/mol. The molecule has 0 heterocycles. The molecule has 0 N–H and O–H groups in total. The van der Waals surface area contributed by atoms with Crippen LogP contribution in [0.25, 0.3) is 0 Å². The Hall–Kier alpha value is -0.543. The SMILES string of the molecule is Cc1ccc(C=NCCCS[Si](C)(C)C)cc1. The van der Waals surface area contributed by atoms with E-state index in [4.69, 9.17) is 0 Å². The van der Waals surface area contributed by atoms with Gasteiger partial charge in [0, 0.05) is 12.8 Å². The van der Waals surface area contributed by atoms with Crippen LogP contribution >= 0.6 is 11.2 Å². The lowest BCUT2D eigenvalue weighted by Gasteiger charge is -2.13. The van der Waals surface area contributed by atoms with Gasteiger partial charge in [0.05, 0.1) is 0 Å². The summed E-state index contributed by atoms with van der Waals surface area (Å²) in [4.78, 5) is 4.47. The van der Waals surface area contributed by atoms with Gasteiger partial charge in [-0.05, 0) is 24.7 Å². The molecular weight excluding hydrogens is 242 g/mol. The largest absolute Gasteiger partial charge is 0.293 e. The second-order valence-corrected chi connectivity index (χ2v) is 14.7. The van der Waals surface area contributed by atoms with Crippen LogP contribution < -0.4 is 0 Å². The van der Waals surface area contributed by atoms with Gasteiger partial charge in [-0.2, -0.15) is 11.2 Å². The molecule has 0 saturated heterocycles. The molecule has 0 aliphatic carbocycles. The Morgan fingerprint density at radius 3 is 2.41 bits per heavy atom. The van der Waals surface area contributed by atoms with Gasteiger partial charge in [-0.3, -0.25) is 4.99 Å². The van der Waals surface area contributed by atoms with Crippen molar-refractivity contribution in [1.29, 1.82) is 0 Å². The summed E-state index contributed by atoms with van der Waals surface area (Å²) in [7, 11) is -0.923. The molecule has 0 aliphatic rings. The van der Waals surface area contributed by atoms with Gasteiger partial charge in [0.15, 0.2) is 0 Å². The second kappa shape index (κ2) is 7.02. The predicted octanol–water partition coefficient (Wildman–Crippen LogP) is 4.37. The topological polar surface area (TPSA) is 12.4 Å². The number of hydrogen-bond donors (Lipinski definition) is 0. The molecule has 0 aromatic heterocycles. The van der Waals surface area contributed by atoms with E-state index < -0.39 is 7.22 Å². The van der Waals surface area contributed by atoms with E-state index in [1.165, 1.54) is 23.3 Å². The highest BCUT2D eigenvalue weighted by atomic mass is 32.4. The number of aliphatic imine (C=N–C) groups is 1. The van der Waals surface area contributed by atoms with E-state index in [2.05, 4.69) is 67.0 Å². The molecule has 0 atom stereocenters. The fraction of sp³-hybridized carbons (Fsp3) is 0.500. The summed E-state index contributed by atoms with van der Waals surface area (Å²) in [6.07, 6.45) is 3.18. The summed E-state index contributed by atoms with van der Waals surface area (Å²) >= 11 is 2.15. The zero-order valence-corrected chi connectivity index (χ0v) is 13.2. The quantitative estimate of drug-likeness (QED) is 0.422. The lowest BCUT2D eigenvalue weighted by Crippen LogP contribution is -2.14. The second-order valence-electron chi connectivity index (χ2n) is 5.26. The molecule has 0 spiro atoms. The highest BCUT2D eigenvalue weighted by Crippen LogP contribution is 2.19. The first kappa shape index (κ1) is 14.5. The van der Waals surface area contributed by atoms with Gasteiger partial charge in [-0.15, -0.1) is 0 Å². The smallest absolute Gasteiger partial charge is 0.108 e. The van der Waals surface area contributed by atoms with Crippen molar-refractivity contribution in [2.45, 2.75) is 33.0 Å². The third-order valence-corrected chi connectivity index (χ3v) is 6.85. The summed E-state index contributed by atoms with van der Waals surface area (Å²) in [6, 6.07) is 8.50. The van der Waals surface area contributed by atoms with Crippen molar-refractivity contribution in [3.8, 4) is 0 Å². The Morgan fingerprint density at radius 1 is 1.18 bits per heavy atom. The summed E-state index contributed by atoms with van der Waals surface area (Å²) in [5.74, 6) is 1.25. The molecular formula is C14H23NSSi. The third-order valence-electron chi connectivity index (χ3n) is 2.28. The fourth-order valence-corrected chi connectivity index (χ4v) is 4.51. The van der Waals surface area contributed by atoms with Crippen molar-refractivity contribution < 1.29 is 0 Å². The minimum absolute atomic E-state index is 0.923. The molecule has 0 unspecified atom stereocenters. The van der Waals surface area contributed by atoms with Crippen molar-refractivity contribution in [2.24, 2.45) is 4.99 Å². The normalized spacial score (nSPS) is 12.2. The maximum Gasteiger partial charge on any atom is 0.108 e. The standard InChI is InChI=1S/C14H23NSSi/c1-13-6-8-14(9-7-13)12-15-10-5-11-16-17(2,3)4/h6-9,12H,5,10-11H2,1-4H3. The zero-order chi connectivity index (χ0) is 12.7. The van der Waals surface area contributed by atoms with Crippen LogP contribution in [0.3, 0.4) is 0 Å². The minimum Gasteiger partial charge on any atom is -0.293 e. The van der Waals surface area contributed by atoms with Crippen molar-refractivity contribution in [3.63, 3.8) is 0 Å². The molecule has 1 aromatic carbocycles. The van der Waals surface area contributed by atoms with Crippen molar-refractivity contribution in [1.82, 2.24) is 0 Å². The lowest BCUT2D eigenvalue weighted by atomic mass is 10.2. The molecule has 3 heteroatoms. The van der Waals surface area contributed by atoms with E-state index in [-0.39, 0.29) is 0 Å². The summed E-state index contributed by atoms with van der Waals surface area (Å²) in [5, 5.41) is 0. The molecule has 0 bridgehead atoms. The summed E-state index contributed by atoms with van der Waals surface area (Å²) in [5.41, 5.74) is 2.50. The van der Waals surface area contributed by atoms with Gasteiger partial charge in [0.2, 0.25) is 0 Å². The number of rotatable bonds is 6. The molecule has 0 fully saturated rings. The zero-order valence-electron chi connectivity index (χ0n) is 11.4. The molecule has 0 radical (unpaired) electrons. The van der Waals surface area contributed by atoms with Crippen LogP contribution in [0.5, 0.6) is 0 Å². The Labute approximate surface area is 110 Å². The van der Waals surface area contributed by atoms with Gasteiger partial charge in [-0.25, -0.2) is 0 Å². The Bertz CT molecular complexity index is 351. The van der Waals surface area contributed by atoms with Crippen LogP contribution in [-0.4, -0.2) is 25.7 Å². The highest BCUT2D eigenvalue weighted by molar-refractivity contribution is 8.28. The first-order valence-electron chi connectivity index (χ1n) is 6.18. The van der Waals surface area contributed by atoms with E-state index in [1.807, 2.05) is 6.21 Å². The van der Waals surface area contributed by atoms with Crippen LogP contribution in [0, 0.1) is 6.92 Å². The van der Waals surface area contributed by atoms with E-state index in [9.17, 15) is 0 Å². The average molecular weight is 265 g/mol. The average Bonchev–Trinajstić information content (AvgIpc) is 2.24. The van der Waals surface area contributed by atoms with E-state index in [0.29, 0.717) is 0 Å². The van der Waals surface area contributed by atoms with Gasteiger partial charge in [0.1, 0.15) is 7.22 Å². The van der Waals surface area contributed by atoms with Crippen LogP contribution in [0.4, 0.5) is 0 Å². The molecule has 1 nitrogen and oxygen atoms in total. The maximum absolute atomic E-state index is 4.47. The molecule has 17 heavy (non-hydrogen) atoms. The number of hydrogen-bond acceptors (Lipinski definition) is 2. The molecule has 0 saturated carbocycles. The number of nitrogens with zero attached hydrogens (tertiary/aromatic N) is 1. The van der Waals surface area contributed by atoms with Crippen LogP contribution in [0.15, 0.2) is 29.3 Å². The first-order valence-corrected chi connectivity index (χ1v) is 11.4. The first-order chi connectivity index (χ1) is 7.97. The summed E-state index contributed by atoms with van der Waals surface area (Å²) in [6.45, 7) is 10.2. The van der Waals surface area contributed by atoms with Crippen molar-refractivity contribution >= 4 is 24.6 Å². The van der Waals surface area contributed by atoms with Gasteiger partial charge in [0.25, 0.3) is 0 Å². The van der Waals surface area contributed by atoms with Gasteiger partial charge >= 0.3 is 0 Å². The molecule has 94 valence electrons. The molecule has 1 aromatic rings. The number of aryl methyl sites for hydroxylation is 1. The monoisotopic (exact) mass is 265 g/mol. The molecule has 1 rings (SSSR count). The summed E-state index contributed by atoms with van der Waals surface area (Å²) < 4.78 is 0. The van der Waals surface area contributed by atoms with E-state index in [0.717, 1.165) is 6.54 Å². The van der Waals surface area contributed by atoms with Crippen molar-refractivity contribution in [3.05, 3.63) is 35.4 Å². The van der Waals surface area contributed by atoms with Crippen molar-refractivity contribution in [2.75, 3.05) is 12.3 Å². The minimum atomic E-state index is -0.923. The van der Waals surface area contributed by atoms with Gasteiger partial charge < -0.3 is 0 Å². The van der Waals surface area contributed by atoms with Crippen LogP contribution in [0.1, 0.15) is 17.5 Å². The Morgan fingerprint density at radius 2 is 1.82 bits per heavy atom. The molecule has 0 aliphatic heterocycles. The van der Waals surface area contributed by atoms with Crippen LogP contribution in [-0.2, 0) is 0 Å². The Kier molecular flexibility index (Phi) is 5.99. The number of benzene rings is 1. The fourth-order valence-electron chi connectivity index (χ4n) is 1.36.